The first-order chi connectivity index (χ1) is 10.6. The number of rotatable bonds is 4. The van der Waals surface area contributed by atoms with E-state index in [9.17, 15) is 14.4 Å². The van der Waals surface area contributed by atoms with Crippen molar-refractivity contribution in [2.24, 2.45) is 0 Å². The number of nitrogens with zero attached hydrogens (tertiary/aromatic N) is 2. The summed E-state index contributed by atoms with van der Waals surface area (Å²) in [5, 5.41) is 2.89. The third-order valence-corrected chi connectivity index (χ3v) is 3.48. The summed E-state index contributed by atoms with van der Waals surface area (Å²) in [6, 6.07) is 10.7. The molecule has 0 saturated carbocycles. The highest BCUT2D eigenvalue weighted by Crippen LogP contribution is 2.19. The van der Waals surface area contributed by atoms with Gasteiger partial charge in [-0.3, -0.25) is 24.4 Å². The van der Waals surface area contributed by atoms with E-state index >= 15 is 0 Å². The van der Waals surface area contributed by atoms with Crippen LogP contribution in [0, 0.1) is 0 Å². The Kier molecular flexibility index (Phi) is 3.50. The van der Waals surface area contributed by atoms with Crippen LogP contribution < -0.4 is 5.56 Å². The molecule has 1 aliphatic rings. The van der Waals surface area contributed by atoms with Gasteiger partial charge in [0.2, 0.25) is 0 Å². The Bertz CT molecular complexity index is 815. The van der Waals surface area contributed by atoms with Crippen molar-refractivity contribution >= 4 is 17.5 Å². The normalized spacial score (nSPS) is 14.6. The lowest BCUT2D eigenvalue weighted by Gasteiger charge is -2.12. The van der Waals surface area contributed by atoms with E-state index in [2.05, 4.69) is 5.10 Å². The van der Waals surface area contributed by atoms with Crippen LogP contribution in [-0.4, -0.2) is 33.0 Å². The highest BCUT2D eigenvalue weighted by atomic mass is 16.2. The zero-order valence-electron chi connectivity index (χ0n) is 12.1. The molecule has 6 nitrogen and oxygen atoms in total. The van der Waals surface area contributed by atoms with E-state index in [4.69, 9.17) is 0 Å². The van der Waals surface area contributed by atoms with Gasteiger partial charge in [-0.2, -0.15) is 0 Å². The van der Waals surface area contributed by atoms with Crippen LogP contribution in [0.2, 0.25) is 0 Å². The lowest BCUT2D eigenvalue weighted by molar-refractivity contribution is -0.136. The summed E-state index contributed by atoms with van der Waals surface area (Å²) < 4.78 is 1.12. The summed E-state index contributed by atoms with van der Waals surface area (Å²) in [4.78, 5) is 37.4. The van der Waals surface area contributed by atoms with Crippen molar-refractivity contribution in [1.29, 1.82) is 0 Å². The molecule has 0 bridgehead atoms. The molecular formula is C16H15N3O3. The van der Waals surface area contributed by atoms with Gasteiger partial charge in [-0.05, 0) is 12.0 Å². The summed E-state index contributed by atoms with van der Waals surface area (Å²) in [5.41, 5.74) is 1.12. The molecule has 0 spiro atoms. The van der Waals surface area contributed by atoms with Gasteiger partial charge in [0.05, 0.1) is 5.69 Å². The van der Waals surface area contributed by atoms with E-state index in [0.717, 1.165) is 15.1 Å². The van der Waals surface area contributed by atoms with Crippen LogP contribution in [0.5, 0.6) is 0 Å². The quantitative estimate of drug-likeness (QED) is 0.868. The Labute approximate surface area is 126 Å². The first-order valence-corrected chi connectivity index (χ1v) is 7.07. The van der Waals surface area contributed by atoms with Gasteiger partial charge in [0.15, 0.2) is 0 Å². The highest BCUT2D eigenvalue weighted by molar-refractivity contribution is 6.29. The maximum atomic E-state index is 12.3. The molecule has 2 aromatic rings. The molecule has 0 fully saturated rings. The van der Waals surface area contributed by atoms with Gasteiger partial charge in [0.25, 0.3) is 17.4 Å². The number of benzene rings is 1. The average Bonchev–Trinajstić information content (AvgIpc) is 3.03. The van der Waals surface area contributed by atoms with Crippen molar-refractivity contribution in [3.05, 3.63) is 52.8 Å². The minimum absolute atomic E-state index is 0.0608. The zero-order valence-corrected chi connectivity index (χ0v) is 12.1. The monoisotopic (exact) mass is 297 g/mol. The predicted octanol–water partition coefficient (Wildman–Crippen LogP) is 1.46. The molecule has 1 aliphatic heterocycles. The number of aromatic nitrogens is 2. The van der Waals surface area contributed by atoms with Gasteiger partial charge in [-0.1, -0.05) is 37.3 Å². The molecule has 0 saturated heterocycles. The van der Waals surface area contributed by atoms with Crippen LogP contribution in [0.1, 0.15) is 13.3 Å². The fraction of sp³-hybridized carbons (Fsp3) is 0.188. The summed E-state index contributed by atoms with van der Waals surface area (Å²) in [6.45, 7) is 2.23. The standard InChI is InChI=1S/C16H15N3O3/c1-2-8-18-14(20)10-13(16(18)22)19-15(21)9-12(17-19)11-6-4-3-5-7-11/h3-7,9-10,17H,2,8H2,1H3. The molecule has 1 aromatic carbocycles. The highest BCUT2D eigenvalue weighted by Gasteiger charge is 2.32. The largest absolute Gasteiger partial charge is 0.290 e. The number of hydrogen-bond donors (Lipinski definition) is 1. The summed E-state index contributed by atoms with van der Waals surface area (Å²) in [6.07, 6.45) is 1.87. The second kappa shape index (κ2) is 5.48. The Morgan fingerprint density at radius 1 is 1.09 bits per heavy atom. The van der Waals surface area contributed by atoms with Crippen molar-refractivity contribution in [3.8, 4) is 11.3 Å². The molecule has 1 N–H and O–H groups in total. The lowest BCUT2D eigenvalue weighted by atomic mass is 10.2. The Hall–Kier alpha value is -2.89. The van der Waals surface area contributed by atoms with Gasteiger partial charge in [-0.25, -0.2) is 4.68 Å². The third kappa shape index (κ3) is 2.28. The van der Waals surface area contributed by atoms with E-state index in [1.807, 2.05) is 37.3 Å². The number of imide groups is 1. The number of nitrogens with one attached hydrogen (secondary N) is 1. The lowest BCUT2D eigenvalue weighted by Crippen LogP contribution is -2.33. The van der Waals surface area contributed by atoms with E-state index in [1.54, 1.807) is 0 Å². The number of hydrogen-bond acceptors (Lipinski definition) is 3. The van der Waals surface area contributed by atoms with Gasteiger partial charge in [0.1, 0.15) is 5.70 Å². The zero-order chi connectivity index (χ0) is 15.7. The molecule has 22 heavy (non-hydrogen) atoms. The Morgan fingerprint density at radius 3 is 2.50 bits per heavy atom. The van der Waals surface area contributed by atoms with Crippen molar-refractivity contribution in [2.75, 3.05) is 6.54 Å². The van der Waals surface area contributed by atoms with E-state index in [0.29, 0.717) is 18.7 Å². The van der Waals surface area contributed by atoms with Crippen LogP contribution in [0.4, 0.5) is 0 Å². The van der Waals surface area contributed by atoms with E-state index in [1.165, 1.54) is 12.1 Å². The number of carbonyl (C=O) groups is 2. The molecule has 0 aliphatic carbocycles. The SMILES string of the molecule is CCCN1C(=O)C=C(n2[nH]c(-c3ccccc3)cc2=O)C1=O. The summed E-state index contributed by atoms with van der Waals surface area (Å²) >= 11 is 0. The van der Waals surface area contributed by atoms with E-state index < -0.39 is 5.91 Å². The van der Waals surface area contributed by atoms with Crippen molar-refractivity contribution in [1.82, 2.24) is 14.7 Å². The Morgan fingerprint density at radius 2 is 1.82 bits per heavy atom. The molecule has 3 rings (SSSR count). The van der Waals surface area contributed by atoms with Gasteiger partial charge in [-0.15, -0.1) is 0 Å². The topological polar surface area (TPSA) is 75.2 Å². The number of carbonyl (C=O) groups excluding carboxylic acids is 2. The Balaban J connectivity index is 1.99. The number of aromatic amines is 1. The fourth-order valence-electron chi connectivity index (χ4n) is 2.43. The van der Waals surface area contributed by atoms with Gasteiger partial charge in [0, 0.05) is 18.7 Å². The second-order valence-corrected chi connectivity index (χ2v) is 5.03. The first-order valence-electron chi connectivity index (χ1n) is 7.07. The maximum Gasteiger partial charge on any atom is 0.279 e. The smallest absolute Gasteiger partial charge is 0.279 e. The third-order valence-electron chi connectivity index (χ3n) is 3.48. The number of amides is 2. The molecule has 0 radical (unpaired) electrons. The van der Waals surface area contributed by atoms with Gasteiger partial charge >= 0.3 is 0 Å². The summed E-state index contributed by atoms with van der Waals surface area (Å²) in [5.74, 6) is -0.833. The van der Waals surface area contributed by atoms with Crippen LogP contribution in [-0.2, 0) is 9.59 Å². The molecule has 0 unspecified atom stereocenters. The summed E-state index contributed by atoms with van der Waals surface area (Å²) in [7, 11) is 0. The van der Waals surface area contributed by atoms with Crippen molar-refractivity contribution in [3.63, 3.8) is 0 Å². The maximum absolute atomic E-state index is 12.3. The molecule has 0 atom stereocenters. The molecule has 1 aromatic heterocycles. The van der Waals surface area contributed by atoms with Crippen LogP contribution >= 0.6 is 0 Å². The predicted molar refractivity (Wildman–Crippen MR) is 81.8 cm³/mol. The minimum atomic E-state index is -0.449. The van der Waals surface area contributed by atoms with Gasteiger partial charge < -0.3 is 0 Å². The van der Waals surface area contributed by atoms with Crippen LogP contribution in [0.25, 0.3) is 17.0 Å². The fourth-order valence-corrected chi connectivity index (χ4v) is 2.43. The van der Waals surface area contributed by atoms with Crippen LogP contribution in [0.15, 0.2) is 47.3 Å². The van der Waals surface area contributed by atoms with E-state index in [-0.39, 0.29) is 17.2 Å². The molecule has 2 amide bonds. The second-order valence-electron chi connectivity index (χ2n) is 5.03. The average molecular weight is 297 g/mol. The molecule has 112 valence electrons. The van der Waals surface area contributed by atoms with Crippen molar-refractivity contribution in [2.45, 2.75) is 13.3 Å². The minimum Gasteiger partial charge on any atom is -0.290 e. The molecular weight excluding hydrogens is 282 g/mol. The molecule has 2 heterocycles. The molecule has 6 heteroatoms. The van der Waals surface area contributed by atoms with Crippen molar-refractivity contribution < 1.29 is 9.59 Å². The first kappa shape index (κ1) is 14.1. The van der Waals surface area contributed by atoms with Crippen LogP contribution in [0.3, 0.4) is 0 Å². The number of H-pyrrole nitrogens is 1.